The summed E-state index contributed by atoms with van der Waals surface area (Å²) < 4.78 is 40.9. The topological polar surface area (TPSA) is 105 Å². The Bertz CT molecular complexity index is 1790. The van der Waals surface area contributed by atoms with E-state index in [2.05, 4.69) is 5.32 Å². The molecule has 11 heteroatoms. The maximum atomic E-state index is 14.6. The number of ether oxygens (including phenoxy) is 2. The van der Waals surface area contributed by atoms with E-state index in [0.29, 0.717) is 41.7 Å². The molecule has 1 heterocycles. The monoisotopic (exact) mass is 675 g/mol. The normalized spacial score (nSPS) is 13.7. The van der Waals surface area contributed by atoms with Crippen molar-refractivity contribution in [2.24, 2.45) is 0 Å². The molecule has 0 fully saturated rings. The molecule has 5 rings (SSSR count). The molecule has 0 saturated heterocycles. The lowest BCUT2D eigenvalue weighted by molar-refractivity contribution is -0.140. The van der Waals surface area contributed by atoms with E-state index >= 15 is 0 Å². The molecule has 0 unspecified atom stereocenters. The van der Waals surface area contributed by atoms with Crippen molar-refractivity contribution in [3.8, 4) is 11.5 Å². The smallest absolute Gasteiger partial charge is 0.264 e. The Hall–Kier alpha value is -4.54. The first kappa shape index (κ1) is 33.8. The molecule has 1 N–H and O–H groups in total. The third-order valence-corrected chi connectivity index (χ3v) is 10.2. The lowest BCUT2D eigenvalue weighted by atomic mass is 10.0. The van der Waals surface area contributed by atoms with Crippen LogP contribution in [0.15, 0.2) is 108 Å². The number of amides is 2. The van der Waals surface area contributed by atoms with Crippen LogP contribution in [0.1, 0.15) is 31.4 Å². The van der Waals surface area contributed by atoms with Crippen LogP contribution < -0.4 is 19.1 Å². The van der Waals surface area contributed by atoms with Gasteiger partial charge in [-0.25, -0.2) is 8.42 Å². The summed E-state index contributed by atoms with van der Waals surface area (Å²) in [4.78, 5) is 30.1. The number of benzene rings is 4. The second-order valence-corrected chi connectivity index (χ2v) is 13.6. The number of hydrogen-bond acceptors (Lipinski definition) is 6. The van der Waals surface area contributed by atoms with Crippen LogP contribution >= 0.6 is 11.6 Å². The predicted octanol–water partition coefficient (Wildman–Crippen LogP) is 5.86. The van der Waals surface area contributed by atoms with Crippen LogP contribution in [0.3, 0.4) is 0 Å². The fraction of sp³-hybridized carbons (Fsp3) is 0.278. The van der Waals surface area contributed by atoms with Gasteiger partial charge < -0.3 is 19.7 Å². The molecular formula is C36H38ClN3O6S. The summed E-state index contributed by atoms with van der Waals surface area (Å²) >= 11 is 6.58. The van der Waals surface area contributed by atoms with Crippen molar-refractivity contribution in [3.63, 3.8) is 0 Å². The minimum Gasteiger partial charge on any atom is -0.486 e. The number of carbonyl (C=O) groups excluding carboxylic acids is 2. The minimum atomic E-state index is -4.26. The van der Waals surface area contributed by atoms with Gasteiger partial charge in [0.25, 0.3) is 10.0 Å². The molecule has 4 aromatic carbocycles. The summed E-state index contributed by atoms with van der Waals surface area (Å²) in [6.07, 6.45) is 0.893. The maximum Gasteiger partial charge on any atom is 0.264 e. The van der Waals surface area contributed by atoms with Gasteiger partial charge in [0.2, 0.25) is 11.8 Å². The summed E-state index contributed by atoms with van der Waals surface area (Å²) in [7, 11) is -4.26. The average molecular weight is 676 g/mol. The molecule has 0 bridgehead atoms. The summed E-state index contributed by atoms with van der Waals surface area (Å²) in [5.74, 6) is -0.0782. The molecule has 0 radical (unpaired) electrons. The van der Waals surface area contributed by atoms with E-state index in [1.54, 1.807) is 60.7 Å². The number of halogens is 1. The first-order valence-corrected chi connectivity index (χ1v) is 17.3. The number of nitrogens with zero attached hydrogens (tertiary/aromatic N) is 2. The van der Waals surface area contributed by atoms with Crippen LogP contribution in [0.4, 0.5) is 5.69 Å². The van der Waals surface area contributed by atoms with Crippen LogP contribution in [-0.4, -0.2) is 57.0 Å². The van der Waals surface area contributed by atoms with Crippen LogP contribution in [-0.2, 0) is 32.6 Å². The standard InChI is InChI=1S/C36H38ClN3O6S/c1-3-26(2)38-36(42)32(22-27-12-6-4-7-13-27)39(24-28-14-10-11-17-31(28)37)35(41)25-40(47(43,44)30-15-8-5-9-16-30)29-18-19-33-34(23-29)46-21-20-45-33/h4-19,23,26,32H,3,20-22,24-25H2,1-2H3,(H,38,42)/t26-,32+/m0/s1. The molecule has 4 aromatic rings. The highest BCUT2D eigenvalue weighted by Gasteiger charge is 2.35. The first-order valence-electron chi connectivity index (χ1n) is 15.5. The Morgan fingerprint density at radius 2 is 1.51 bits per heavy atom. The SMILES string of the molecule is CC[C@H](C)NC(=O)[C@@H](Cc1ccccc1)N(Cc1ccccc1Cl)C(=O)CN(c1ccc2c(c1)OCCO2)S(=O)(=O)c1ccccc1. The fourth-order valence-electron chi connectivity index (χ4n) is 5.24. The predicted molar refractivity (Wildman–Crippen MR) is 182 cm³/mol. The van der Waals surface area contributed by atoms with Gasteiger partial charge in [-0.05, 0) is 54.8 Å². The molecule has 1 aliphatic heterocycles. The van der Waals surface area contributed by atoms with Crippen LogP contribution in [0.2, 0.25) is 5.02 Å². The van der Waals surface area contributed by atoms with Gasteiger partial charge in [0.15, 0.2) is 11.5 Å². The Kier molecular flexibility index (Phi) is 11.1. The molecule has 0 saturated carbocycles. The second-order valence-electron chi connectivity index (χ2n) is 11.3. The van der Waals surface area contributed by atoms with Gasteiger partial charge in [-0.2, -0.15) is 0 Å². The number of rotatable bonds is 13. The van der Waals surface area contributed by atoms with Crippen molar-refractivity contribution in [3.05, 3.63) is 119 Å². The van der Waals surface area contributed by atoms with Gasteiger partial charge in [0, 0.05) is 30.1 Å². The number of nitrogens with one attached hydrogen (secondary N) is 1. The van der Waals surface area contributed by atoms with Gasteiger partial charge in [0.1, 0.15) is 25.8 Å². The highest BCUT2D eigenvalue weighted by Crippen LogP contribution is 2.36. The van der Waals surface area contributed by atoms with Gasteiger partial charge in [-0.3, -0.25) is 13.9 Å². The van der Waals surface area contributed by atoms with E-state index in [4.69, 9.17) is 21.1 Å². The molecule has 0 aromatic heterocycles. The molecular weight excluding hydrogens is 638 g/mol. The molecule has 1 aliphatic rings. The molecule has 9 nitrogen and oxygen atoms in total. The molecule has 246 valence electrons. The van der Waals surface area contributed by atoms with Gasteiger partial charge in [-0.15, -0.1) is 0 Å². The zero-order chi connectivity index (χ0) is 33.4. The van der Waals surface area contributed by atoms with Crippen molar-refractivity contribution in [1.82, 2.24) is 10.2 Å². The Morgan fingerprint density at radius 1 is 0.872 bits per heavy atom. The summed E-state index contributed by atoms with van der Waals surface area (Å²) in [6, 6.07) is 28.0. The zero-order valence-electron chi connectivity index (χ0n) is 26.3. The number of carbonyl (C=O) groups is 2. The molecule has 2 atom stereocenters. The molecule has 47 heavy (non-hydrogen) atoms. The van der Waals surface area contributed by atoms with E-state index < -0.39 is 28.5 Å². The van der Waals surface area contributed by atoms with Gasteiger partial charge in [-0.1, -0.05) is 85.3 Å². The highest BCUT2D eigenvalue weighted by atomic mass is 35.5. The van der Waals surface area contributed by atoms with Crippen molar-refractivity contribution in [2.75, 3.05) is 24.1 Å². The average Bonchev–Trinajstić information content (AvgIpc) is 3.09. The zero-order valence-corrected chi connectivity index (χ0v) is 27.9. The summed E-state index contributed by atoms with van der Waals surface area (Å²) in [6.45, 7) is 3.92. The lowest BCUT2D eigenvalue weighted by Crippen LogP contribution is -2.54. The Morgan fingerprint density at radius 3 is 2.19 bits per heavy atom. The van der Waals surface area contributed by atoms with Crippen LogP contribution in [0, 0.1) is 0 Å². The summed E-state index contributed by atoms with van der Waals surface area (Å²) in [5, 5.41) is 3.46. The van der Waals surface area contributed by atoms with E-state index in [9.17, 15) is 18.0 Å². The molecule has 0 spiro atoms. The van der Waals surface area contributed by atoms with Crippen molar-refractivity contribution >= 4 is 39.1 Å². The molecule has 2 amide bonds. The van der Waals surface area contributed by atoms with E-state index in [1.807, 2.05) is 44.2 Å². The number of fused-ring (bicyclic) bond motifs is 1. The van der Waals surface area contributed by atoms with E-state index in [0.717, 1.165) is 9.87 Å². The quantitative estimate of drug-likeness (QED) is 0.190. The van der Waals surface area contributed by atoms with Crippen molar-refractivity contribution in [1.29, 1.82) is 0 Å². The third kappa shape index (κ3) is 8.25. The third-order valence-electron chi connectivity index (χ3n) is 7.99. The van der Waals surface area contributed by atoms with Gasteiger partial charge >= 0.3 is 0 Å². The van der Waals surface area contributed by atoms with Crippen molar-refractivity contribution < 1.29 is 27.5 Å². The van der Waals surface area contributed by atoms with E-state index in [1.165, 1.54) is 17.0 Å². The second kappa shape index (κ2) is 15.4. The lowest BCUT2D eigenvalue weighted by Gasteiger charge is -2.34. The maximum absolute atomic E-state index is 14.6. The van der Waals surface area contributed by atoms with Gasteiger partial charge in [0.05, 0.1) is 10.6 Å². The van der Waals surface area contributed by atoms with Crippen LogP contribution in [0.25, 0.3) is 0 Å². The largest absolute Gasteiger partial charge is 0.486 e. The minimum absolute atomic E-state index is 0.00990. The Balaban J connectivity index is 1.59. The fourth-order valence-corrected chi connectivity index (χ4v) is 6.86. The highest BCUT2D eigenvalue weighted by molar-refractivity contribution is 7.92. The number of hydrogen-bond donors (Lipinski definition) is 1. The summed E-state index contributed by atoms with van der Waals surface area (Å²) in [5.41, 5.74) is 1.68. The number of anilines is 1. The Labute approximate surface area is 281 Å². The van der Waals surface area contributed by atoms with E-state index in [-0.39, 0.29) is 35.5 Å². The number of sulfonamides is 1. The molecule has 0 aliphatic carbocycles. The first-order chi connectivity index (χ1) is 22.7. The van der Waals surface area contributed by atoms with Crippen LogP contribution in [0.5, 0.6) is 11.5 Å². The van der Waals surface area contributed by atoms with Crippen molar-refractivity contribution in [2.45, 2.75) is 50.2 Å².